The first-order valence-electron chi connectivity index (χ1n) is 6.13. The third kappa shape index (κ3) is 1.76. The van der Waals surface area contributed by atoms with Gasteiger partial charge in [0.1, 0.15) is 0 Å². The standard InChI is InChI=1S/C12H17N5/c1-15-5-7-17(8-6-15)12-11-10(3-4-13-12)16(2)9-14-11/h3-4,9H,5-8H2,1-2H3/p+2. The fraction of sp³-hybridized carbons (Fsp3) is 0.500. The number of likely N-dealkylation sites (N-methyl/N-ethyl adjacent to an activating group) is 1. The van der Waals surface area contributed by atoms with E-state index in [1.165, 1.54) is 18.6 Å². The molecule has 0 amide bonds. The van der Waals surface area contributed by atoms with Gasteiger partial charge in [0.15, 0.2) is 11.3 Å². The van der Waals surface area contributed by atoms with E-state index in [4.69, 9.17) is 0 Å². The summed E-state index contributed by atoms with van der Waals surface area (Å²) in [5.74, 6) is 1.09. The number of anilines is 1. The summed E-state index contributed by atoms with van der Waals surface area (Å²) in [6.45, 7) is 4.54. The van der Waals surface area contributed by atoms with Gasteiger partial charge >= 0.3 is 0 Å². The monoisotopic (exact) mass is 233 g/mol. The topological polar surface area (TPSA) is 40.2 Å². The molecule has 0 unspecified atom stereocenters. The van der Waals surface area contributed by atoms with Crippen LogP contribution in [0.5, 0.6) is 0 Å². The van der Waals surface area contributed by atoms with Crippen LogP contribution in [0, 0.1) is 0 Å². The fourth-order valence-electron chi connectivity index (χ4n) is 2.44. The summed E-state index contributed by atoms with van der Waals surface area (Å²) in [5.41, 5.74) is 2.36. The first-order chi connectivity index (χ1) is 8.25. The molecule has 0 aromatic carbocycles. The Hall–Kier alpha value is -1.62. The molecule has 17 heavy (non-hydrogen) atoms. The number of piperazine rings is 1. The van der Waals surface area contributed by atoms with Gasteiger partial charge in [-0.05, 0) is 0 Å². The third-order valence-corrected chi connectivity index (χ3v) is 3.61. The van der Waals surface area contributed by atoms with Crippen molar-refractivity contribution in [3.8, 4) is 0 Å². The molecule has 1 aliphatic rings. The second-order valence-electron chi connectivity index (χ2n) is 4.86. The van der Waals surface area contributed by atoms with E-state index < -0.39 is 0 Å². The lowest BCUT2D eigenvalue weighted by Crippen LogP contribution is -3.12. The predicted octanol–water partition coefficient (Wildman–Crippen LogP) is -1.28. The zero-order chi connectivity index (χ0) is 11.8. The molecule has 3 heterocycles. The number of nitrogens with one attached hydrogen (secondary N) is 2. The van der Waals surface area contributed by atoms with Crippen LogP contribution in [0.2, 0.25) is 0 Å². The number of aromatic nitrogens is 3. The molecule has 2 aromatic heterocycles. The quantitative estimate of drug-likeness (QED) is 0.603. The summed E-state index contributed by atoms with van der Waals surface area (Å²) < 4.78 is 2.10. The largest absolute Gasteiger partial charge is 0.342 e. The van der Waals surface area contributed by atoms with Crippen molar-refractivity contribution in [1.29, 1.82) is 0 Å². The highest BCUT2D eigenvalue weighted by Gasteiger charge is 2.22. The molecular formula is C12H19N5+2. The lowest BCUT2D eigenvalue weighted by atomic mass is 10.3. The number of nitrogens with zero attached hydrogens (tertiary/aromatic N) is 3. The highest BCUT2D eigenvalue weighted by molar-refractivity contribution is 5.83. The number of aryl methyl sites for hydroxylation is 1. The highest BCUT2D eigenvalue weighted by atomic mass is 15.3. The second kappa shape index (κ2) is 4.00. The lowest BCUT2D eigenvalue weighted by molar-refractivity contribution is -0.880. The average molecular weight is 233 g/mol. The number of aromatic amines is 1. The Morgan fingerprint density at radius 2 is 2.18 bits per heavy atom. The fourth-order valence-corrected chi connectivity index (χ4v) is 2.44. The van der Waals surface area contributed by atoms with E-state index in [-0.39, 0.29) is 0 Å². The van der Waals surface area contributed by atoms with Gasteiger partial charge in [0.25, 0.3) is 0 Å². The number of hydrogen-bond donors (Lipinski definition) is 2. The molecule has 5 nitrogen and oxygen atoms in total. The van der Waals surface area contributed by atoms with Crippen molar-refractivity contribution in [1.82, 2.24) is 9.97 Å². The van der Waals surface area contributed by atoms with E-state index in [9.17, 15) is 0 Å². The molecule has 0 saturated carbocycles. The van der Waals surface area contributed by atoms with Gasteiger partial charge in [0.2, 0.25) is 11.8 Å². The van der Waals surface area contributed by atoms with E-state index in [0.717, 1.165) is 24.4 Å². The van der Waals surface area contributed by atoms with Crippen LogP contribution >= 0.6 is 0 Å². The molecule has 2 aromatic rings. The SMILES string of the molecule is C[n+]1c[nH]c2c(N3CC[NH+](C)CC3)nccc21. The van der Waals surface area contributed by atoms with Crippen molar-refractivity contribution in [2.75, 3.05) is 38.1 Å². The Bertz CT molecular complexity index is 525. The summed E-state index contributed by atoms with van der Waals surface area (Å²) in [4.78, 5) is 11.8. The Labute approximate surface area is 101 Å². The number of hydrogen-bond acceptors (Lipinski definition) is 2. The number of fused-ring (bicyclic) bond motifs is 1. The molecule has 1 aliphatic heterocycles. The summed E-state index contributed by atoms with van der Waals surface area (Å²) in [5, 5.41) is 0. The first-order valence-corrected chi connectivity index (χ1v) is 6.13. The van der Waals surface area contributed by atoms with Crippen LogP contribution in [0.4, 0.5) is 5.82 Å². The van der Waals surface area contributed by atoms with E-state index in [1.54, 1.807) is 4.90 Å². The Morgan fingerprint density at radius 3 is 2.94 bits per heavy atom. The zero-order valence-corrected chi connectivity index (χ0v) is 10.4. The molecule has 3 rings (SSSR count). The third-order valence-electron chi connectivity index (χ3n) is 3.61. The minimum Gasteiger partial charge on any atom is -0.342 e. The van der Waals surface area contributed by atoms with Crippen molar-refractivity contribution in [2.45, 2.75) is 0 Å². The molecular weight excluding hydrogens is 214 g/mol. The summed E-state index contributed by atoms with van der Waals surface area (Å²) in [6.07, 6.45) is 3.88. The number of H-pyrrole nitrogens is 1. The molecule has 90 valence electrons. The highest BCUT2D eigenvalue weighted by Crippen LogP contribution is 2.19. The van der Waals surface area contributed by atoms with E-state index >= 15 is 0 Å². The summed E-state index contributed by atoms with van der Waals surface area (Å²) in [7, 11) is 4.30. The van der Waals surface area contributed by atoms with Crippen LogP contribution < -0.4 is 14.4 Å². The Kier molecular flexibility index (Phi) is 2.48. The minimum absolute atomic E-state index is 1.08. The summed E-state index contributed by atoms with van der Waals surface area (Å²) >= 11 is 0. The first kappa shape index (κ1) is 10.5. The Morgan fingerprint density at radius 1 is 1.41 bits per heavy atom. The van der Waals surface area contributed by atoms with E-state index in [0.29, 0.717) is 0 Å². The second-order valence-corrected chi connectivity index (χ2v) is 4.86. The molecule has 0 spiro atoms. The molecule has 0 bridgehead atoms. The van der Waals surface area contributed by atoms with Gasteiger partial charge in [0, 0.05) is 12.3 Å². The van der Waals surface area contributed by atoms with Gasteiger partial charge in [-0.3, -0.25) is 0 Å². The van der Waals surface area contributed by atoms with Crippen LogP contribution in [-0.2, 0) is 7.05 Å². The molecule has 1 saturated heterocycles. The molecule has 5 heteroatoms. The normalized spacial score (nSPS) is 17.9. The van der Waals surface area contributed by atoms with Crippen molar-refractivity contribution < 1.29 is 9.47 Å². The molecule has 1 fully saturated rings. The van der Waals surface area contributed by atoms with Gasteiger partial charge in [-0.15, -0.1) is 0 Å². The van der Waals surface area contributed by atoms with Crippen molar-refractivity contribution in [2.24, 2.45) is 7.05 Å². The zero-order valence-electron chi connectivity index (χ0n) is 10.4. The maximum Gasteiger partial charge on any atom is 0.242 e. The van der Waals surface area contributed by atoms with Gasteiger partial charge in [-0.25, -0.2) is 14.5 Å². The molecule has 0 atom stereocenters. The van der Waals surface area contributed by atoms with Crippen molar-refractivity contribution in [3.05, 3.63) is 18.6 Å². The molecule has 0 aliphatic carbocycles. The number of rotatable bonds is 1. The van der Waals surface area contributed by atoms with Crippen LogP contribution in [0.3, 0.4) is 0 Å². The molecule has 2 N–H and O–H groups in total. The molecule has 0 radical (unpaired) electrons. The van der Waals surface area contributed by atoms with Crippen LogP contribution in [0.25, 0.3) is 11.0 Å². The van der Waals surface area contributed by atoms with Crippen LogP contribution in [0.1, 0.15) is 0 Å². The Balaban J connectivity index is 2.00. The van der Waals surface area contributed by atoms with Gasteiger partial charge in [-0.1, -0.05) is 0 Å². The summed E-state index contributed by atoms with van der Waals surface area (Å²) in [6, 6.07) is 2.05. The lowest BCUT2D eigenvalue weighted by Gasteiger charge is -2.30. The van der Waals surface area contributed by atoms with Gasteiger partial charge in [0.05, 0.1) is 40.3 Å². The predicted molar refractivity (Wildman–Crippen MR) is 66.1 cm³/mol. The smallest absolute Gasteiger partial charge is 0.242 e. The van der Waals surface area contributed by atoms with Crippen molar-refractivity contribution in [3.63, 3.8) is 0 Å². The van der Waals surface area contributed by atoms with Crippen LogP contribution in [0.15, 0.2) is 18.6 Å². The number of pyridine rings is 1. The average Bonchev–Trinajstić information content (AvgIpc) is 2.73. The maximum atomic E-state index is 4.54. The van der Waals surface area contributed by atoms with E-state index in [1.807, 2.05) is 12.5 Å². The van der Waals surface area contributed by atoms with E-state index in [2.05, 4.69) is 39.6 Å². The number of imidazole rings is 1. The van der Waals surface area contributed by atoms with Crippen LogP contribution in [-0.4, -0.2) is 43.2 Å². The minimum atomic E-state index is 1.08. The number of quaternary nitrogens is 1. The maximum absolute atomic E-state index is 4.54. The van der Waals surface area contributed by atoms with Crippen molar-refractivity contribution >= 4 is 16.9 Å². The van der Waals surface area contributed by atoms with Gasteiger partial charge < -0.3 is 9.80 Å². The van der Waals surface area contributed by atoms with Gasteiger partial charge in [-0.2, -0.15) is 0 Å².